The maximum Gasteiger partial charge on any atom is 0.305 e. The molecule has 0 heterocycles. The number of hydrogen-bond donors (Lipinski definition) is 2. The number of benzene rings is 1. The van der Waals surface area contributed by atoms with Crippen molar-refractivity contribution in [2.24, 2.45) is 0 Å². The lowest BCUT2D eigenvalue weighted by Crippen LogP contribution is -2.29. The number of hydrogen-bond acceptors (Lipinski definition) is 5. The number of carbonyl (C=O) groups is 1. The largest absolute Gasteiger partial charge is 0.495 e. The first-order valence-electron chi connectivity index (χ1n) is 6.55. The number of ether oxygens (including phenoxy) is 3. The van der Waals surface area contributed by atoms with Crippen molar-refractivity contribution in [2.75, 3.05) is 33.2 Å². The van der Waals surface area contributed by atoms with Crippen LogP contribution in [0.5, 0.6) is 11.5 Å². The second kappa shape index (κ2) is 9.32. The molecule has 2 N–H and O–H groups in total. The van der Waals surface area contributed by atoms with Gasteiger partial charge >= 0.3 is 5.97 Å². The Hall–Kier alpha value is -1.73. The van der Waals surface area contributed by atoms with E-state index in [4.69, 9.17) is 33.3 Å². The monoisotopic (exact) mass is 346 g/mol. The third kappa shape index (κ3) is 5.57. The number of esters is 1. The van der Waals surface area contributed by atoms with Crippen LogP contribution in [-0.4, -0.2) is 39.0 Å². The van der Waals surface area contributed by atoms with E-state index < -0.39 is 0 Å². The third-order valence-corrected chi connectivity index (χ3v) is 3.33. The van der Waals surface area contributed by atoms with Crippen LogP contribution < -0.4 is 20.1 Å². The number of rotatable bonds is 7. The minimum Gasteiger partial charge on any atom is -0.495 e. The Morgan fingerprint density at radius 3 is 2.50 bits per heavy atom. The van der Waals surface area contributed by atoms with Crippen LogP contribution in [0.25, 0.3) is 0 Å². The summed E-state index contributed by atoms with van der Waals surface area (Å²) in [6.45, 7) is 0.549. The van der Waals surface area contributed by atoms with E-state index in [0.29, 0.717) is 46.7 Å². The van der Waals surface area contributed by atoms with Gasteiger partial charge in [-0.1, -0.05) is 11.6 Å². The van der Waals surface area contributed by atoms with Crippen molar-refractivity contribution < 1.29 is 19.0 Å². The summed E-state index contributed by atoms with van der Waals surface area (Å²) in [7, 11) is 4.43. The van der Waals surface area contributed by atoms with Crippen LogP contribution in [-0.2, 0) is 9.53 Å². The molecular formula is C14H19ClN2O4S. The van der Waals surface area contributed by atoms with Crippen LogP contribution in [0.3, 0.4) is 0 Å². The van der Waals surface area contributed by atoms with Gasteiger partial charge < -0.3 is 24.8 Å². The smallest absolute Gasteiger partial charge is 0.305 e. The van der Waals surface area contributed by atoms with Crippen molar-refractivity contribution in [3.63, 3.8) is 0 Å². The Morgan fingerprint density at radius 1 is 1.23 bits per heavy atom. The molecule has 0 saturated heterocycles. The first-order chi connectivity index (χ1) is 10.5. The summed E-state index contributed by atoms with van der Waals surface area (Å²) >= 11 is 11.3. The van der Waals surface area contributed by atoms with Gasteiger partial charge in [0.1, 0.15) is 11.5 Å². The Labute approximate surface area is 140 Å². The number of thiocarbonyl (C=S) groups is 1. The lowest BCUT2D eigenvalue weighted by Gasteiger charge is -2.15. The molecule has 22 heavy (non-hydrogen) atoms. The molecule has 0 aliphatic heterocycles. The van der Waals surface area contributed by atoms with Gasteiger partial charge in [-0.2, -0.15) is 0 Å². The number of methoxy groups -OCH3 is 3. The van der Waals surface area contributed by atoms with Crippen molar-refractivity contribution in [1.82, 2.24) is 5.32 Å². The van der Waals surface area contributed by atoms with E-state index in [1.54, 1.807) is 19.2 Å². The average molecular weight is 347 g/mol. The highest BCUT2D eigenvalue weighted by atomic mass is 35.5. The zero-order valence-electron chi connectivity index (χ0n) is 12.7. The Balaban J connectivity index is 2.57. The topological polar surface area (TPSA) is 68.8 Å². The zero-order chi connectivity index (χ0) is 16.5. The number of halogens is 1. The van der Waals surface area contributed by atoms with Crippen LogP contribution in [0.1, 0.15) is 12.8 Å². The van der Waals surface area contributed by atoms with Gasteiger partial charge in [0, 0.05) is 19.0 Å². The number of carbonyl (C=O) groups excluding carboxylic acids is 1. The first kappa shape index (κ1) is 18.3. The van der Waals surface area contributed by atoms with Gasteiger partial charge in [-0.05, 0) is 24.7 Å². The van der Waals surface area contributed by atoms with E-state index in [0.717, 1.165) is 0 Å². The van der Waals surface area contributed by atoms with Crippen molar-refractivity contribution >= 4 is 40.6 Å². The van der Waals surface area contributed by atoms with Gasteiger partial charge in [-0.15, -0.1) is 0 Å². The molecule has 0 unspecified atom stereocenters. The summed E-state index contributed by atoms with van der Waals surface area (Å²) in [4.78, 5) is 11.0. The summed E-state index contributed by atoms with van der Waals surface area (Å²) in [5.74, 6) is 0.824. The molecule has 1 aromatic carbocycles. The second-order valence-corrected chi connectivity index (χ2v) is 5.06. The van der Waals surface area contributed by atoms with Crippen LogP contribution >= 0.6 is 23.8 Å². The highest BCUT2D eigenvalue weighted by molar-refractivity contribution is 7.80. The van der Waals surface area contributed by atoms with Gasteiger partial charge in [0.15, 0.2) is 5.11 Å². The quantitative estimate of drug-likeness (QED) is 0.447. The molecule has 1 rings (SSSR count). The minimum atomic E-state index is -0.246. The van der Waals surface area contributed by atoms with Crippen molar-refractivity contribution in [3.05, 3.63) is 17.2 Å². The minimum absolute atomic E-state index is 0.246. The molecule has 0 bridgehead atoms. The summed E-state index contributed by atoms with van der Waals surface area (Å²) in [5, 5.41) is 6.84. The van der Waals surface area contributed by atoms with Gasteiger partial charge in [0.25, 0.3) is 0 Å². The Bertz CT molecular complexity index is 540. The van der Waals surface area contributed by atoms with E-state index in [9.17, 15) is 4.79 Å². The van der Waals surface area contributed by atoms with E-state index >= 15 is 0 Å². The normalized spacial score (nSPS) is 9.82. The molecule has 0 amide bonds. The summed E-state index contributed by atoms with van der Waals surface area (Å²) in [6.07, 6.45) is 0.957. The lowest BCUT2D eigenvalue weighted by molar-refractivity contribution is -0.140. The van der Waals surface area contributed by atoms with Crippen molar-refractivity contribution in [2.45, 2.75) is 12.8 Å². The van der Waals surface area contributed by atoms with Gasteiger partial charge in [0.05, 0.1) is 32.0 Å². The molecule has 0 fully saturated rings. The predicted octanol–water partition coefficient (Wildman–Crippen LogP) is 2.60. The highest BCUT2D eigenvalue weighted by Gasteiger charge is 2.11. The first-order valence-corrected chi connectivity index (χ1v) is 7.33. The molecule has 0 aromatic heterocycles. The van der Waals surface area contributed by atoms with E-state index in [2.05, 4.69) is 15.4 Å². The molecule has 0 radical (unpaired) electrons. The van der Waals surface area contributed by atoms with Gasteiger partial charge in [-0.25, -0.2) is 0 Å². The van der Waals surface area contributed by atoms with Gasteiger partial charge in [-0.3, -0.25) is 4.79 Å². The fraction of sp³-hybridized carbons (Fsp3) is 0.429. The summed E-state index contributed by atoms with van der Waals surface area (Å²) in [6, 6.07) is 3.34. The maximum atomic E-state index is 11.0. The molecular weight excluding hydrogens is 328 g/mol. The lowest BCUT2D eigenvalue weighted by atomic mass is 10.2. The van der Waals surface area contributed by atoms with E-state index in [1.165, 1.54) is 14.2 Å². The molecule has 6 nitrogen and oxygen atoms in total. The summed E-state index contributed by atoms with van der Waals surface area (Å²) < 4.78 is 15.0. The Morgan fingerprint density at radius 2 is 1.91 bits per heavy atom. The van der Waals surface area contributed by atoms with Crippen LogP contribution in [0.15, 0.2) is 12.1 Å². The molecule has 0 saturated carbocycles. The number of nitrogens with one attached hydrogen (secondary N) is 2. The average Bonchev–Trinajstić information content (AvgIpc) is 2.51. The van der Waals surface area contributed by atoms with Gasteiger partial charge in [0.2, 0.25) is 0 Å². The fourth-order valence-electron chi connectivity index (χ4n) is 1.66. The fourth-order valence-corrected chi connectivity index (χ4v) is 2.11. The maximum absolute atomic E-state index is 11.0. The molecule has 8 heteroatoms. The third-order valence-electron chi connectivity index (χ3n) is 2.79. The summed E-state index contributed by atoms with van der Waals surface area (Å²) in [5.41, 5.74) is 0.624. The van der Waals surface area contributed by atoms with Crippen LogP contribution in [0.2, 0.25) is 5.02 Å². The number of anilines is 1. The second-order valence-electron chi connectivity index (χ2n) is 4.25. The predicted molar refractivity (Wildman–Crippen MR) is 90.0 cm³/mol. The van der Waals surface area contributed by atoms with Crippen LogP contribution in [0, 0.1) is 0 Å². The van der Waals surface area contributed by atoms with Crippen LogP contribution in [0.4, 0.5) is 5.69 Å². The van der Waals surface area contributed by atoms with E-state index in [1.807, 2.05) is 0 Å². The highest BCUT2D eigenvalue weighted by Crippen LogP contribution is 2.35. The molecule has 0 spiro atoms. The van der Waals surface area contributed by atoms with Crippen molar-refractivity contribution in [1.29, 1.82) is 0 Å². The standard InChI is InChI=1S/C14H19ClN2O4S/c1-19-11-8-12(20-2)10(7-9(11)15)17-14(22)16-6-4-5-13(18)21-3/h7-8H,4-6H2,1-3H3,(H2,16,17,22). The molecule has 0 atom stereocenters. The Kier molecular flexibility index (Phi) is 7.76. The van der Waals surface area contributed by atoms with E-state index in [-0.39, 0.29) is 5.97 Å². The SMILES string of the molecule is COC(=O)CCCNC(=S)Nc1cc(Cl)c(OC)cc1OC. The molecule has 0 aliphatic rings. The zero-order valence-corrected chi connectivity index (χ0v) is 14.3. The molecule has 122 valence electrons. The molecule has 0 aliphatic carbocycles. The molecule has 1 aromatic rings. The van der Waals surface area contributed by atoms with Crippen molar-refractivity contribution in [3.8, 4) is 11.5 Å².